The summed E-state index contributed by atoms with van der Waals surface area (Å²) in [7, 11) is 1.66. The van der Waals surface area contributed by atoms with Gasteiger partial charge in [-0.1, -0.05) is 71.8 Å². The molecule has 0 radical (unpaired) electrons. The van der Waals surface area contributed by atoms with E-state index in [2.05, 4.69) is 0 Å². The molecule has 0 aliphatic heterocycles. The fourth-order valence-corrected chi connectivity index (χ4v) is 2.71. The molecular formula is C23H23NO2. The first-order valence-corrected chi connectivity index (χ1v) is 8.65. The van der Waals surface area contributed by atoms with Gasteiger partial charge in [0.1, 0.15) is 12.3 Å². The normalized spacial score (nSPS) is 14.7. The Morgan fingerprint density at radius 3 is 2.04 bits per heavy atom. The molecule has 3 heteroatoms. The SMILES string of the molecule is COC1C=C[C-]([N+](=Cc2ccc(C)cc2)C(=O)c2ccc(C)cc2)C=C1. The maximum atomic E-state index is 13.2. The lowest BCUT2D eigenvalue weighted by Gasteiger charge is -2.19. The maximum absolute atomic E-state index is 13.2. The maximum Gasteiger partial charge on any atom is 0.359 e. The second kappa shape index (κ2) is 7.98. The molecule has 0 fully saturated rings. The quantitative estimate of drug-likeness (QED) is 0.471. The van der Waals surface area contributed by atoms with Gasteiger partial charge in [-0.3, -0.25) is 4.79 Å². The molecule has 0 spiro atoms. The average Bonchev–Trinajstić information content (AvgIpc) is 2.68. The van der Waals surface area contributed by atoms with Gasteiger partial charge in [-0.2, -0.15) is 0 Å². The van der Waals surface area contributed by atoms with Gasteiger partial charge in [-0.25, -0.2) is 4.58 Å². The molecule has 1 aliphatic rings. The minimum atomic E-state index is -0.0641. The topological polar surface area (TPSA) is 29.3 Å². The van der Waals surface area contributed by atoms with Crippen LogP contribution >= 0.6 is 0 Å². The molecule has 132 valence electrons. The molecule has 0 saturated heterocycles. The van der Waals surface area contributed by atoms with Crippen molar-refractivity contribution in [1.29, 1.82) is 0 Å². The van der Waals surface area contributed by atoms with Crippen molar-refractivity contribution in [2.45, 2.75) is 20.0 Å². The molecule has 0 unspecified atom stereocenters. The van der Waals surface area contributed by atoms with Crippen LogP contribution in [0.15, 0.2) is 72.8 Å². The van der Waals surface area contributed by atoms with Crippen molar-refractivity contribution in [2.75, 3.05) is 7.11 Å². The molecule has 1 aliphatic carbocycles. The number of carbonyl (C=O) groups excluding carboxylic acids is 1. The first-order chi connectivity index (χ1) is 12.6. The van der Waals surface area contributed by atoms with Crippen molar-refractivity contribution < 1.29 is 14.1 Å². The zero-order chi connectivity index (χ0) is 18.5. The highest BCUT2D eigenvalue weighted by atomic mass is 16.5. The molecule has 1 amide bonds. The van der Waals surface area contributed by atoms with Gasteiger partial charge in [-0.15, -0.1) is 12.2 Å². The Morgan fingerprint density at radius 2 is 1.50 bits per heavy atom. The second-order valence-corrected chi connectivity index (χ2v) is 6.42. The number of carbonyl (C=O) groups is 1. The lowest BCUT2D eigenvalue weighted by molar-refractivity contribution is -0.392. The summed E-state index contributed by atoms with van der Waals surface area (Å²) in [5.41, 5.74) is 3.94. The van der Waals surface area contributed by atoms with E-state index >= 15 is 0 Å². The van der Waals surface area contributed by atoms with Crippen LogP contribution in [0.3, 0.4) is 0 Å². The second-order valence-electron chi connectivity index (χ2n) is 6.42. The first-order valence-electron chi connectivity index (χ1n) is 8.65. The average molecular weight is 345 g/mol. The van der Waals surface area contributed by atoms with Crippen LogP contribution in [0.1, 0.15) is 27.0 Å². The molecule has 0 atom stereocenters. The fraction of sp³-hybridized carbons (Fsp3) is 0.174. The summed E-state index contributed by atoms with van der Waals surface area (Å²) in [5, 5.41) is 0. The Morgan fingerprint density at radius 1 is 0.962 bits per heavy atom. The summed E-state index contributed by atoms with van der Waals surface area (Å²) in [6, 6.07) is 16.6. The Labute approximate surface area is 154 Å². The Hall–Kier alpha value is -2.91. The number of methoxy groups -OCH3 is 1. The molecule has 0 heterocycles. The first kappa shape index (κ1) is 17.9. The van der Waals surface area contributed by atoms with Gasteiger partial charge >= 0.3 is 5.91 Å². The number of amides is 1. The van der Waals surface area contributed by atoms with Crippen molar-refractivity contribution in [2.24, 2.45) is 0 Å². The third-order valence-electron chi connectivity index (χ3n) is 4.34. The zero-order valence-electron chi connectivity index (χ0n) is 15.3. The minimum Gasteiger partial charge on any atom is -0.388 e. The van der Waals surface area contributed by atoms with Gasteiger partial charge in [0.25, 0.3) is 0 Å². The van der Waals surface area contributed by atoms with E-state index in [0.717, 1.165) is 17.2 Å². The Bertz CT molecular complexity index is 844. The predicted octanol–water partition coefficient (Wildman–Crippen LogP) is 4.25. The van der Waals surface area contributed by atoms with Crippen LogP contribution in [-0.4, -0.2) is 29.9 Å². The van der Waals surface area contributed by atoms with Crippen LogP contribution in [0, 0.1) is 19.9 Å². The van der Waals surface area contributed by atoms with Crippen LogP contribution in [0.5, 0.6) is 0 Å². The largest absolute Gasteiger partial charge is 0.388 e. The van der Waals surface area contributed by atoms with E-state index in [4.69, 9.17) is 4.74 Å². The number of hydrogen-bond acceptors (Lipinski definition) is 2. The molecule has 3 nitrogen and oxygen atoms in total. The number of benzene rings is 2. The Balaban J connectivity index is 1.98. The van der Waals surface area contributed by atoms with Crippen molar-refractivity contribution in [3.63, 3.8) is 0 Å². The van der Waals surface area contributed by atoms with E-state index in [0.29, 0.717) is 5.56 Å². The van der Waals surface area contributed by atoms with Gasteiger partial charge in [0.05, 0.1) is 5.56 Å². The van der Waals surface area contributed by atoms with Crippen LogP contribution in [0.2, 0.25) is 0 Å². The van der Waals surface area contributed by atoms with Gasteiger partial charge in [0.2, 0.25) is 0 Å². The highest BCUT2D eigenvalue weighted by molar-refractivity contribution is 5.92. The molecule has 0 aromatic heterocycles. The highest BCUT2D eigenvalue weighted by Gasteiger charge is 2.22. The van der Waals surface area contributed by atoms with Crippen molar-refractivity contribution in [3.8, 4) is 0 Å². The summed E-state index contributed by atoms with van der Waals surface area (Å²) >= 11 is 0. The third-order valence-corrected chi connectivity index (χ3v) is 4.34. The van der Waals surface area contributed by atoms with E-state index in [1.807, 2.05) is 92.9 Å². The van der Waals surface area contributed by atoms with E-state index in [1.165, 1.54) is 5.56 Å². The third kappa shape index (κ3) is 4.19. The molecule has 0 saturated carbocycles. The van der Waals surface area contributed by atoms with Crippen LogP contribution in [-0.2, 0) is 4.74 Å². The highest BCUT2D eigenvalue weighted by Crippen LogP contribution is 2.18. The molecule has 0 N–H and O–H groups in total. The van der Waals surface area contributed by atoms with E-state index in [1.54, 1.807) is 11.7 Å². The Kier molecular flexibility index (Phi) is 5.49. The number of hydrogen-bond donors (Lipinski definition) is 0. The van der Waals surface area contributed by atoms with E-state index in [9.17, 15) is 4.79 Å². The predicted molar refractivity (Wildman–Crippen MR) is 104 cm³/mol. The zero-order valence-corrected chi connectivity index (χ0v) is 15.3. The number of ether oxygens (including phenoxy) is 1. The number of aryl methyl sites for hydroxylation is 2. The monoisotopic (exact) mass is 345 g/mol. The number of rotatable bonds is 4. The molecule has 3 rings (SSSR count). The van der Waals surface area contributed by atoms with Crippen LogP contribution < -0.4 is 0 Å². The molecule has 26 heavy (non-hydrogen) atoms. The minimum absolute atomic E-state index is 0.0607. The summed E-state index contributed by atoms with van der Waals surface area (Å²) < 4.78 is 7.00. The molecule has 2 aromatic carbocycles. The lowest BCUT2D eigenvalue weighted by Crippen LogP contribution is -2.27. The number of nitrogens with zero attached hydrogens (tertiary/aromatic N) is 1. The summed E-state index contributed by atoms with van der Waals surface area (Å²) in [6.45, 7) is 4.06. The van der Waals surface area contributed by atoms with Crippen molar-refractivity contribution in [3.05, 3.63) is 101 Å². The lowest BCUT2D eigenvalue weighted by atomic mass is 10.1. The molecular weight excluding hydrogens is 322 g/mol. The summed E-state index contributed by atoms with van der Waals surface area (Å²) in [4.78, 5) is 13.2. The van der Waals surface area contributed by atoms with Crippen LogP contribution in [0.4, 0.5) is 0 Å². The fourth-order valence-electron chi connectivity index (χ4n) is 2.71. The van der Waals surface area contributed by atoms with Gasteiger partial charge < -0.3 is 4.74 Å². The molecule has 2 aromatic rings. The summed E-state index contributed by atoms with van der Waals surface area (Å²) in [6.07, 6.45) is 9.53. The molecule has 0 bridgehead atoms. The van der Waals surface area contributed by atoms with Crippen molar-refractivity contribution in [1.82, 2.24) is 0 Å². The van der Waals surface area contributed by atoms with E-state index < -0.39 is 0 Å². The van der Waals surface area contributed by atoms with Crippen molar-refractivity contribution >= 4 is 12.1 Å². The van der Waals surface area contributed by atoms with Gasteiger partial charge in [0, 0.05) is 18.8 Å². The van der Waals surface area contributed by atoms with Gasteiger partial charge in [-0.05, 0) is 13.8 Å². The van der Waals surface area contributed by atoms with Gasteiger partial charge in [0.15, 0.2) is 0 Å². The smallest absolute Gasteiger partial charge is 0.359 e. The van der Waals surface area contributed by atoms with E-state index in [-0.39, 0.29) is 12.0 Å². The summed E-state index contributed by atoms with van der Waals surface area (Å²) in [5.74, 6) is -0.0641. The van der Waals surface area contributed by atoms with Crippen LogP contribution in [0.25, 0.3) is 0 Å². The standard InChI is InChI=1S/C23H23NO2/c1-17-4-8-19(9-5-17)16-24(21-12-14-22(26-3)15-13-21)23(25)20-10-6-18(2)7-11-20/h4-16,22H,1-3H3.